The number of ether oxygens (including phenoxy) is 2. The maximum Gasteiger partial charge on any atom is 0.220 e. The Labute approximate surface area is 155 Å². The van der Waals surface area contributed by atoms with Gasteiger partial charge in [-0.1, -0.05) is 30.3 Å². The Kier molecular flexibility index (Phi) is 7.96. The number of methoxy groups -OCH3 is 2. The van der Waals surface area contributed by atoms with Crippen LogP contribution in [0, 0.1) is 0 Å². The lowest BCUT2D eigenvalue weighted by Crippen LogP contribution is -2.29. The van der Waals surface area contributed by atoms with Crippen molar-refractivity contribution in [3.05, 3.63) is 59.7 Å². The summed E-state index contributed by atoms with van der Waals surface area (Å²) in [7, 11) is 3.22. The van der Waals surface area contributed by atoms with Crippen molar-refractivity contribution >= 4 is 5.91 Å². The van der Waals surface area contributed by atoms with Crippen molar-refractivity contribution in [1.82, 2.24) is 5.32 Å². The van der Waals surface area contributed by atoms with E-state index in [0.717, 1.165) is 11.1 Å². The molecule has 2 aromatic carbocycles. The quantitative estimate of drug-likeness (QED) is 0.685. The molecule has 0 aliphatic rings. The van der Waals surface area contributed by atoms with Crippen molar-refractivity contribution in [3.63, 3.8) is 0 Å². The van der Waals surface area contributed by atoms with Crippen LogP contribution in [0.1, 0.15) is 36.4 Å². The molecular weight excluding hydrogens is 330 g/mol. The van der Waals surface area contributed by atoms with E-state index in [1.165, 1.54) is 0 Å². The number of benzene rings is 2. The predicted molar refractivity (Wildman–Crippen MR) is 102 cm³/mol. The highest BCUT2D eigenvalue weighted by molar-refractivity contribution is 5.76. The zero-order chi connectivity index (χ0) is 18.8. The smallest absolute Gasteiger partial charge is 0.220 e. The molecule has 0 aromatic heterocycles. The van der Waals surface area contributed by atoms with Gasteiger partial charge < -0.3 is 19.9 Å². The molecule has 0 spiro atoms. The fraction of sp³-hybridized carbons (Fsp3) is 0.381. The van der Waals surface area contributed by atoms with Gasteiger partial charge in [0.15, 0.2) is 0 Å². The van der Waals surface area contributed by atoms with Crippen LogP contribution in [0.5, 0.6) is 11.5 Å². The molecule has 1 atom stereocenters. The molecule has 0 saturated heterocycles. The molecule has 140 valence electrons. The topological polar surface area (TPSA) is 67.8 Å². The Bertz CT molecular complexity index is 665. The summed E-state index contributed by atoms with van der Waals surface area (Å²) in [6.07, 6.45) is 2.33. The van der Waals surface area contributed by atoms with Crippen LogP contribution in [-0.2, 0) is 11.2 Å². The minimum Gasteiger partial charge on any atom is -0.497 e. The molecule has 0 aliphatic carbocycles. The molecule has 0 heterocycles. The molecule has 2 N–H and O–H groups in total. The largest absolute Gasteiger partial charge is 0.497 e. The second-order valence-electron chi connectivity index (χ2n) is 6.12. The SMILES string of the molecule is COc1cc(CCC(=O)N[C@H](CCCO)c2ccccc2)cc(OC)c1. The number of hydrogen-bond donors (Lipinski definition) is 2. The van der Waals surface area contributed by atoms with E-state index in [4.69, 9.17) is 14.6 Å². The van der Waals surface area contributed by atoms with E-state index >= 15 is 0 Å². The maximum absolute atomic E-state index is 12.4. The van der Waals surface area contributed by atoms with Crippen molar-refractivity contribution in [2.24, 2.45) is 0 Å². The minimum absolute atomic E-state index is 0.0152. The lowest BCUT2D eigenvalue weighted by molar-refractivity contribution is -0.121. The minimum atomic E-state index is -0.0873. The molecule has 5 nitrogen and oxygen atoms in total. The van der Waals surface area contributed by atoms with E-state index in [1.807, 2.05) is 48.5 Å². The molecule has 5 heteroatoms. The fourth-order valence-electron chi connectivity index (χ4n) is 2.84. The van der Waals surface area contributed by atoms with E-state index in [1.54, 1.807) is 14.2 Å². The van der Waals surface area contributed by atoms with Crippen LogP contribution in [0.4, 0.5) is 0 Å². The third-order valence-electron chi connectivity index (χ3n) is 4.24. The Morgan fingerprint density at radius 3 is 2.31 bits per heavy atom. The average Bonchev–Trinajstić information content (AvgIpc) is 2.69. The van der Waals surface area contributed by atoms with Gasteiger partial charge in [0.05, 0.1) is 20.3 Å². The number of aliphatic hydroxyl groups excluding tert-OH is 1. The zero-order valence-electron chi connectivity index (χ0n) is 15.4. The van der Waals surface area contributed by atoms with Crippen molar-refractivity contribution in [1.29, 1.82) is 0 Å². The van der Waals surface area contributed by atoms with Gasteiger partial charge >= 0.3 is 0 Å². The van der Waals surface area contributed by atoms with Crippen LogP contribution in [0.25, 0.3) is 0 Å². The van der Waals surface area contributed by atoms with E-state index < -0.39 is 0 Å². The summed E-state index contributed by atoms with van der Waals surface area (Å²) >= 11 is 0. The van der Waals surface area contributed by atoms with E-state index in [2.05, 4.69) is 5.32 Å². The summed E-state index contributed by atoms with van der Waals surface area (Å²) in [5.74, 6) is 1.41. The number of nitrogens with one attached hydrogen (secondary N) is 1. The third kappa shape index (κ3) is 6.08. The summed E-state index contributed by atoms with van der Waals surface area (Å²) in [6, 6.07) is 15.4. The summed E-state index contributed by atoms with van der Waals surface area (Å²) in [5, 5.41) is 12.2. The van der Waals surface area contributed by atoms with Crippen molar-refractivity contribution in [3.8, 4) is 11.5 Å². The highest BCUT2D eigenvalue weighted by Crippen LogP contribution is 2.23. The van der Waals surface area contributed by atoms with Crippen LogP contribution in [0.3, 0.4) is 0 Å². The molecule has 0 radical (unpaired) electrons. The Hall–Kier alpha value is -2.53. The summed E-state index contributed by atoms with van der Waals surface area (Å²) in [5.41, 5.74) is 2.04. The molecule has 1 amide bonds. The lowest BCUT2D eigenvalue weighted by Gasteiger charge is -2.19. The summed E-state index contributed by atoms with van der Waals surface area (Å²) < 4.78 is 10.5. The van der Waals surface area contributed by atoms with E-state index in [0.29, 0.717) is 37.2 Å². The Balaban J connectivity index is 1.97. The molecule has 0 fully saturated rings. The zero-order valence-corrected chi connectivity index (χ0v) is 15.4. The van der Waals surface area contributed by atoms with Gasteiger partial charge in [0.2, 0.25) is 5.91 Å². The van der Waals surface area contributed by atoms with Crippen LogP contribution < -0.4 is 14.8 Å². The number of rotatable bonds is 10. The first-order valence-electron chi connectivity index (χ1n) is 8.83. The van der Waals surface area contributed by atoms with Crippen molar-refractivity contribution < 1.29 is 19.4 Å². The Morgan fingerprint density at radius 1 is 1.08 bits per heavy atom. The van der Waals surface area contributed by atoms with Crippen molar-refractivity contribution in [2.75, 3.05) is 20.8 Å². The number of aliphatic hydroxyl groups is 1. The summed E-state index contributed by atoms with van der Waals surface area (Å²) in [4.78, 5) is 12.4. The number of amides is 1. The van der Waals surface area contributed by atoms with Gasteiger partial charge in [-0.3, -0.25) is 4.79 Å². The molecule has 0 saturated carbocycles. The van der Waals surface area contributed by atoms with E-state index in [-0.39, 0.29) is 18.6 Å². The monoisotopic (exact) mass is 357 g/mol. The molecule has 0 bridgehead atoms. The normalized spacial score (nSPS) is 11.7. The highest BCUT2D eigenvalue weighted by atomic mass is 16.5. The third-order valence-corrected chi connectivity index (χ3v) is 4.24. The number of carbonyl (C=O) groups excluding carboxylic acids is 1. The molecule has 26 heavy (non-hydrogen) atoms. The number of hydrogen-bond acceptors (Lipinski definition) is 4. The second kappa shape index (κ2) is 10.5. The van der Waals surface area contributed by atoms with E-state index in [9.17, 15) is 4.79 Å². The van der Waals surface area contributed by atoms with Gasteiger partial charge in [-0.05, 0) is 42.5 Å². The van der Waals surface area contributed by atoms with Crippen LogP contribution in [0.15, 0.2) is 48.5 Å². The first kappa shape index (κ1) is 19.8. The van der Waals surface area contributed by atoms with Gasteiger partial charge in [0.25, 0.3) is 0 Å². The first-order valence-corrected chi connectivity index (χ1v) is 8.83. The molecular formula is C21H27NO4. The van der Waals surface area contributed by atoms with Gasteiger partial charge in [0.1, 0.15) is 11.5 Å². The molecule has 2 rings (SSSR count). The van der Waals surface area contributed by atoms with Gasteiger partial charge in [0, 0.05) is 19.1 Å². The van der Waals surface area contributed by atoms with Crippen LogP contribution in [0.2, 0.25) is 0 Å². The van der Waals surface area contributed by atoms with Crippen LogP contribution >= 0.6 is 0 Å². The number of aryl methyl sites for hydroxylation is 1. The number of carbonyl (C=O) groups is 1. The predicted octanol–water partition coefficient (Wildman–Crippen LogP) is 3.27. The van der Waals surface area contributed by atoms with Crippen molar-refractivity contribution in [2.45, 2.75) is 31.7 Å². The molecule has 0 aliphatic heterocycles. The average molecular weight is 357 g/mol. The van der Waals surface area contributed by atoms with Crippen LogP contribution in [-0.4, -0.2) is 31.8 Å². The van der Waals surface area contributed by atoms with Gasteiger partial charge in [-0.2, -0.15) is 0 Å². The summed E-state index contributed by atoms with van der Waals surface area (Å²) in [6.45, 7) is 0.114. The molecule has 2 aromatic rings. The highest BCUT2D eigenvalue weighted by Gasteiger charge is 2.14. The second-order valence-corrected chi connectivity index (χ2v) is 6.12. The maximum atomic E-state index is 12.4. The Morgan fingerprint density at radius 2 is 1.73 bits per heavy atom. The van der Waals surface area contributed by atoms with Gasteiger partial charge in [-0.25, -0.2) is 0 Å². The lowest BCUT2D eigenvalue weighted by atomic mass is 10.0. The molecule has 0 unspecified atom stereocenters. The standard InChI is InChI=1S/C21H27NO4/c1-25-18-13-16(14-19(15-18)26-2)10-11-21(24)22-20(9-6-12-23)17-7-4-3-5-8-17/h3-5,7-8,13-15,20,23H,6,9-12H2,1-2H3,(H,22,24)/t20-/m1/s1. The first-order chi connectivity index (χ1) is 12.7. The fourth-order valence-corrected chi connectivity index (χ4v) is 2.84. The van der Waals surface area contributed by atoms with Gasteiger partial charge in [-0.15, -0.1) is 0 Å².